The third kappa shape index (κ3) is 2.25. The van der Waals surface area contributed by atoms with Crippen LogP contribution in [0, 0.1) is 0 Å². The predicted molar refractivity (Wildman–Crippen MR) is 66.1 cm³/mol. The van der Waals surface area contributed by atoms with Crippen molar-refractivity contribution in [1.82, 2.24) is 5.01 Å². The van der Waals surface area contributed by atoms with Crippen LogP contribution < -0.4 is 0 Å². The summed E-state index contributed by atoms with van der Waals surface area (Å²) in [6.07, 6.45) is -0.874. The average Bonchev–Trinajstić information content (AvgIpc) is 2.85. The Morgan fingerprint density at radius 3 is 2.79 bits per heavy atom. The molecule has 0 spiro atoms. The molecule has 19 heavy (non-hydrogen) atoms. The molecule has 0 bridgehead atoms. The maximum Gasteiger partial charge on any atom is 0.416 e. The number of nitrogens with zero attached hydrogens (tertiary/aromatic N) is 3. The smallest absolute Gasteiger partial charge is 0.265 e. The molecule has 2 heterocycles. The molecular formula is C13H10F3N3. The molecular weight excluding hydrogens is 255 g/mol. The number of hydrazone groups is 1. The van der Waals surface area contributed by atoms with Gasteiger partial charge < -0.3 is 0 Å². The molecule has 1 aromatic rings. The number of fused-ring (bicyclic) bond motifs is 1. The quantitative estimate of drug-likeness (QED) is 0.767. The summed E-state index contributed by atoms with van der Waals surface area (Å²) in [5.74, 6) is 0.760. The first-order valence-corrected chi connectivity index (χ1v) is 5.80. The Bertz CT molecular complexity index is 599. The summed E-state index contributed by atoms with van der Waals surface area (Å²) < 4.78 is 38.0. The Hall–Kier alpha value is -2.11. The third-order valence-corrected chi connectivity index (χ3v) is 2.95. The fraction of sp³-hybridized carbons (Fsp3) is 0.231. The van der Waals surface area contributed by atoms with E-state index in [1.165, 1.54) is 6.07 Å². The number of rotatable bonds is 1. The number of amidine groups is 1. The SMILES string of the molecule is FC(F)(F)c1cccc(C2=NN3CCN=C3C=C2)c1. The molecule has 2 aliphatic heterocycles. The molecule has 3 rings (SSSR count). The molecule has 0 unspecified atom stereocenters. The summed E-state index contributed by atoms with van der Waals surface area (Å²) in [6.45, 7) is 1.33. The van der Waals surface area contributed by atoms with E-state index in [2.05, 4.69) is 10.1 Å². The molecule has 98 valence electrons. The van der Waals surface area contributed by atoms with Crippen molar-refractivity contribution in [2.75, 3.05) is 13.1 Å². The minimum Gasteiger partial charge on any atom is -0.265 e. The van der Waals surface area contributed by atoms with E-state index >= 15 is 0 Å². The van der Waals surface area contributed by atoms with E-state index in [9.17, 15) is 13.2 Å². The summed E-state index contributed by atoms with van der Waals surface area (Å²) >= 11 is 0. The number of hydrogen-bond donors (Lipinski definition) is 0. The standard InChI is InChI=1S/C13H10F3N3/c14-13(15,16)10-3-1-2-9(8-10)11-4-5-12-17-6-7-19(12)18-11/h1-5,8H,6-7H2. The first-order valence-electron chi connectivity index (χ1n) is 5.80. The number of allylic oxidation sites excluding steroid dienone is 1. The van der Waals surface area contributed by atoms with Gasteiger partial charge in [0.1, 0.15) is 5.84 Å². The second-order valence-corrected chi connectivity index (χ2v) is 4.26. The number of hydrogen-bond acceptors (Lipinski definition) is 3. The maximum absolute atomic E-state index is 12.7. The summed E-state index contributed by atoms with van der Waals surface area (Å²) in [6, 6.07) is 5.18. The molecule has 1 aromatic carbocycles. The fourth-order valence-electron chi connectivity index (χ4n) is 2.02. The number of benzene rings is 1. The van der Waals surface area contributed by atoms with Crippen LogP contribution in [0.4, 0.5) is 13.2 Å². The molecule has 0 N–H and O–H groups in total. The highest BCUT2D eigenvalue weighted by Crippen LogP contribution is 2.30. The highest BCUT2D eigenvalue weighted by molar-refractivity contribution is 6.14. The van der Waals surface area contributed by atoms with E-state index in [0.717, 1.165) is 18.0 Å². The summed E-state index contributed by atoms with van der Waals surface area (Å²) in [4.78, 5) is 4.21. The molecule has 2 aliphatic rings. The van der Waals surface area contributed by atoms with Gasteiger partial charge in [0.25, 0.3) is 0 Å². The van der Waals surface area contributed by atoms with Gasteiger partial charge in [-0.1, -0.05) is 12.1 Å². The zero-order valence-electron chi connectivity index (χ0n) is 9.85. The lowest BCUT2D eigenvalue weighted by Gasteiger charge is -2.18. The molecule has 0 saturated heterocycles. The molecule has 0 aromatic heterocycles. The predicted octanol–water partition coefficient (Wildman–Crippen LogP) is 2.69. The van der Waals surface area contributed by atoms with E-state index in [4.69, 9.17) is 0 Å². The first-order chi connectivity index (χ1) is 9.04. The molecule has 0 fully saturated rings. The van der Waals surface area contributed by atoms with Crippen LogP contribution in [0.3, 0.4) is 0 Å². The third-order valence-electron chi connectivity index (χ3n) is 2.95. The topological polar surface area (TPSA) is 28.0 Å². The van der Waals surface area contributed by atoms with Crippen molar-refractivity contribution in [2.24, 2.45) is 10.1 Å². The number of alkyl halides is 3. The van der Waals surface area contributed by atoms with E-state index in [1.54, 1.807) is 23.2 Å². The van der Waals surface area contributed by atoms with Gasteiger partial charge in [-0.15, -0.1) is 0 Å². The second kappa shape index (κ2) is 4.22. The van der Waals surface area contributed by atoms with Crippen molar-refractivity contribution < 1.29 is 13.2 Å². The number of halogens is 3. The lowest BCUT2D eigenvalue weighted by Crippen LogP contribution is -2.25. The Balaban J connectivity index is 1.95. The minimum absolute atomic E-state index is 0.456. The van der Waals surface area contributed by atoms with Crippen LogP contribution in [0.15, 0.2) is 46.5 Å². The van der Waals surface area contributed by atoms with Gasteiger partial charge in [0.2, 0.25) is 0 Å². The largest absolute Gasteiger partial charge is 0.416 e. The number of aliphatic imine (C=N–C) groups is 1. The zero-order valence-corrected chi connectivity index (χ0v) is 9.85. The van der Waals surface area contributed by atoms with Gasteiger partial charge in [-0.25, -0.2) is 5.01 Å². The van der Waals surface area contributed by atoms with E-state index in [1.807, 2.05) is 0 Å². The lowest BCUT2D eigenvalue weighted by atomic mass is 10.1. The van der Waals surface area contributed by atoms with E-state index < -0.39 is 11.7 Å². The van der Waals surface area contributed by atoms with Crippen LogP contribution in [0.5, 0.6) is 0 Å². The molecule has 0 atom stereocenters. The van der Waals surface area contributed by atoms with Gasteiger partial charge in [-0.2, -0.15) is 18.3 Å². The minimum atomic E-state index is -4.34. The molecule has 0 amide bonds. The molecule has 0 radical (unpaired) electrons. The molecule has 6 heteroatoms. The maximum atomic E-state index is 12.7. The first kappa shape index (κ1) is 12.0. The van der Waals surface area contributed by atoms with Gasteiger partial charge in [-0.05, 0) is 24.3 Å². The van der Waals surface area contributed by atoms with Gasteiger partial charge >= 0.3 is 6.18 Å². The molecule has 3 nitrogen and oxygen atoms in total. The molecule has 0 aliphatic carbocycles. The van der Waals surface area contributed by atoms with Gasteiger partial charge in [0.05, 0.1) is 24.4 Å². The highest BCUT2D eigenvalue weighted by atomic mass is 19.4. The van der Waals surface area contributed by atoms with Crippen LogP contribution in [-0.2, 0) is 6.18 Å². The Morgan fingerprint density at radius 1 is 1.16 bits per heavy atom. The summed E-state index contributed by atoms with van der Waals surface area (Å²) in [5, 5.41) is 6.01. The van der Waals surface area contributed by atoms with Crippen molar-refractivity contribution in [3.05, 3.63) is 47.5 Å². The van der Waals surface area contributed by atoms with Crippen LogP contribution in [0.25, 0.3) is 0 Å². The Labute approximate surface area is 107 Å². The van der Waals surface area contributed by atoms with Crippen molar-refractivity contribution >= 4 is 11.5 Å². The fourth-order valence-corrected chi connectivity index (χ4v) is 2.02. The Morgan fingerprint density at radius 2 is 2.00 bits per heavy atom. The highest BCUT2D eigenvalue weighted by Gasteiger charge is 2.30. The summed E-state index contributed by atoms with van der Waals surface area (Å²) in [7, 11) is 0. The van der Waals surface area contributed by atoms with Gasteiger partial charge in [0, 0.05) is 5.56 Å². The Kier molecular flexibility index (Phi) is 2.66. The van der Waals surface area contributed by atoms with Crippen molar-refractivity contribution in [3.8, 4) is 0 Å². The van der Waals surface area contributed by atoms with E-state index in [0.29, 0.717) is 24.4 Å². The van der Waals surface area contributed by atoms with Crippen molar-refractivity contribution in [3.63, 3.8) is 0 Å². The second-order valence-electron chi connectivity index (χ2n) is 4.26. The lowest BCUT2D eigenvalue weighted by molar-refractivity contribution is -0.137. The van der Waals surface area contributed by atoms with Crippen LogP contribution in [-0.4, -0.2) is 29.6 Å². The monoisotopic (exact) mass is 265 g/mol. The van der Waals surface area contributed by atoms with Crippen molar-refractivity contribution in [1.29, 1.82) is 0 Å². The average molecular weight is 265 g/mol. The molecule has 0 saturated carbocycles. The van der Waals surface area contributed by atoms with Crippen LogP contribution in [0.2, 0.25) is 0 Å². The van der Waals surface area contributed by atoms with Gasteiger partial charge in [0.15, 0.2) is 0 Å². The van der Waals surface area contributed by atoms with Crippen LogP contribution in [0.1, 0.15) is 11.1 Å². The normalized spacial score (nSPS) is 18.2. The van der Waals surface area contributed by atoms with Crippen LogP contribution >= 0.6 is 0 Å². The van der Waals surface area contributed by atoms with Gasteiger partial charge in [-0.3, -0.25) is 4.99 Å². The summed E-state index contributed by atoms with van der Waals surface area (Å²) in [5.41, 5.74) is 0.311. The zero-order chi connectivity index (χ0) is 13.5. The van der Waals surface area contributed by atoms with Crippen molar-refractivity contribution in [2.45, 2.75) is 6.18 Å². The van der Waals surface area contributed by atoms with E-state index in [-0.39, 0.29) is 0 Å².